The molecule has 2 aliphatic rings. The Morgan fingerprint density at radius 1 is 1.28 bits per heavy atom. The van der Waals surface area contributed by atoms with E-state index in [9.17, 15) is 4.79 Å². The van der Waals surface area contributed by atoms with Crippen molar-refractivity contribution in [3.05, 3.63) is 53.3 Å². The highest BCUT2D eigenvalue weighted by molar-refractivity contribution is 5.75. The maximum atomic E-state index is 12.8. The third kappa shape index (κ3) is 3.39. The van der Waals surface area contributed by atoms with Crippen molar-refractivity contribution in [3.8, 4) is 0 Å². The van der Waals surface area contributed by atoms with E-state index in [0.29, 0.717) is 13.1 Å². The van der Waals surface area contributed by atoms with Gasteiger partial charge in [-0.3, -0.25) is 4.68 Å². The van der Waals surface area contributed by atoms with Crippen molar-refractivity contribution in [2.24, 2.45) is 7.05 Å². The Balaban J connectivity index is 1.55. The van der Waals surface area contributed by atoms with E-state index in [2.05, 4.69) is 28.6 Å². The molecule has 2 amide bonds. The normalized spacial score (nSPS) is 21.0. The summed E-state index contributed by atoms with van der Waals surface area (Å²) in [5.74, 6) is 0.166. The first-order chi connectivity index (χ1) is 12.2. The number of fused-ring (bicyclic) bond motifs is 1. The topological polar surface area (TPSA) is 59.4 Å². The first kappa shape index (κ1) is 16.1. The van der Waals surface area contributed by atoms with Crippen molar-refractivity contribution in [2.45, 2.75) is 31.3 Å². The Kier molecular flexibility index (Phi) is 4.44. The average Bonchev–Trinajstić information content (AvgIpc) is 3.08. The van der Waals surface area contributed by atoms with Gasteiger partial charge in [-0.05, 0) is 29.5 Å². The van der Waals surface area contributed by atoms with Gasteiger partial charge in [0, 0.05) is 51.5 Å². The summed E-state index contributed by atoms with van der Waals surface area (Å²) in [6.07, 6.45) is 5.73. The van der Waals surface area contributed by atoms with Crippen molar-refractivity contribution in [1.29, 1.82) is 0 Å². The molecule has 6 heteroatoms. The molecule has 1 aromatic carbocycles. The summed E-state index contributed by atoms with van der Waals surface area (Å²) >= 11 is 0. The fraction of sp³-hybridized carbons (Fsp3) is 0.474. The number of benzene rings is 1. The van der Waals surface area contributed by atoms with Gasteiger partial charge in [-0.1, -0.05) is 24.3 Å². The third-order valence-electron chi connectivity index (χ3n) is 5.16. The van der Waals surface area contributed by atoms with Crippen LogP contribution in [-0.4, -0.2) is 46.5 Å². The number of hydrogen-bond donors (Lipinski definition) is 1. The minimum absolute atomic E-state index is 0.0234. The van der Waals surface area contributed by atoms with E-state index in [-0.39, 0.29) is 18.0 Å². The van der Waals surface area contributed by atoms with Crippen LogP contribution in [0.3, 0.4) is 0 Å². The molecule has 0 bridgehead atoms. The highest BCUT2D eigenvalue weighted by Crippen LogP contribution is 2.33. The third-order valence-corrected chi connectivity index (χ3v) is 5.16. The van der Waals surface area contributed by atoms with Gasteiger partial charge in [-0.25, -0.2) is 4.79 Å². The van der Waals surface area contributed by atoms with Gasteiger partial charge >= 0.3 is 6.03 Å². The first-order valence-electron chi connectivity index (χ1n) is 8.90. The largest absolute Gasteiger partial charge is 0.381 e. The molecule has 1 aromatic heterocycles. The van der Waals surface area contributed by atoms with Crippen LogP contribution in [0.4, 0.5) is 4.79 Å². The zero-order valence-electron chi connectivity index (χ0n) is 14.5. The minimum Gasteiger partial charge on any atom is -0.381 e. The Bertz CT molecular complexity index is 751. The number of ether oxygens (including phenoxy) is 1. The summed E-state index contributed by atoms with van der Waals surface area (Å²) < 4.78 is 7.19. The highest BCUT2D eigenvalue weighted by atomic mass is 16.5. The monoisotopic (exact) mass is 340 g/mol. The van der Waals surface area contributed by atoms with E-state index in [1.54, 1.807) is 0 Å². The highest BCUT2D eigenvalue weighted by Gasteiger charge is 2.30. The molecule has 6 nitrogen and oxygen atoms in total. The number of rotatable bonds is 2. The molecule has 0 radical (unpaired) electrons. The van der Waals surface area contributed by atoms with E-state index in [4.69, 9.17) is 4.74 Å². The summed E-state index contributed by atoms with van der Waals surface area (Å²) in [4.78, 5) is 14.7. The number of nitrogens with zero attached hydrogens (tertiary/aromatic N) is 3. The molecule has 1 N–H and O–H groups in total. The second-order valence-corrected chi connectivity index (χ2v) is 6.92. The summed E-state index contributed by atoms with van der Waals surface area (Å²) in [5, 5.41) is 7.49. The van der Waals surface area contributed by atoms with Crippen molar-refractivity contribution < 1.29 is 9.53 Å². The van der Waals surface area contributed by atoms with Crippen molar-refractivity contribution >= 4 is 6.03 Å². The first-order valence-corrected chi connectivity index (χ1v) is 8.90. The molecular weight excluding hydrogens is 316 g/mol. The number of aromatic nitrogens is 2. The molecule has 0 saturated carbocycles. The quantitative estimate of drug-likeness (QED) is 0.912. The van der Waals surface area contributed by atoms with Gasteiger partial charge < -0.3 is 15.0 Å². The average molecular weight is 340 g/mol. The molecule has 1 saturated heterocycles. The lowest BCUT2D eigenvalue weighted by Crippen LogP contribution is -2.49. The van der Waals surface area contributed by atoms with Gasteiger partial charge in [0.2, 0.25) is 0 Å². The van der Waals surface area contributed by atoms with Gasteiger partial charge in [-0.2, -0.15) is 5.10 Å². The molecule has 1 unspecified atom stereocenters. The Hall–Kier alpha value is -2.34. The van der Waals surface area contributed by atoms with Crippen LogP contribution in [-0.2, 0) is 18.3 Å². The van der Waals surface area contributed by atoms with Gasteiger partial charge in [-0.15, -0.1) is 0 Å². The molecule has 2 aromatic rings. The maximum Gasteiger partial charge on any atom is 0.317 e. The van der Waals surface area contributed by atoms with Gasteiger partial charge in [0.1, 0.15) is 0 Å². The predicted molar refractivity (Wildman–Crippen MR) is 94.3 cm³/mol. The molecule has 0 spiro atoms. The van der Waals surface area contributed by atoms with Crippen LogP contribution >= 0.6 is 0 Å². The lowest BCUT2D eigenvalue weighted by molar-refractivity contribution is 0.0776. The molecule has 0 aliphatic carbocycles. The van der Waals surface area contributed by atoms with Crippen molar-refractivity contribution in [1.82, 2.24) is 20.0 Å². The zero-order chi connectivity index (χ0) is 17.2. The second-order valence-electron chi connectivity index (χ2n) is 6.92. The van der Waals surface area contributed by atoms with E-state index in [1.807, 2.05) is 35.1 Å². The van der Waals surface area contributed by atoms with Crippen molar-refractivity contribution in [3.63, 3.8) is 0 Å². The van der Waals surface area contributed by atoms with Crippen LogP contribution < -0.4 is 5.32 Å². The predicted octanol–water partition coefficient (Wildman–Crippen LogP) is 2.26. The van der Waals surface area contributed by atoms with Crippen LogP contribution in [0.25, 0.3) is 0 Å². The van der Waals surface area contributed by atoms with Crippen LogP contribution in [0.1, 0.15) is 35.4 Å². The minimum atomic E-state index is 0.0234. The smallest absolute Gasteiger partial charge is 0.317 e. The van der Waals surface area contributed by atoms with E-state index in [0.717, 1.165) is 31.6 Å². The number of amides is 2. The number of aryl methyl sites for hydroxylation is 1. The lowest BCUT2D eigenvalue weighted by Gasteiger charge is -2.35. The zero-order valence-corrected chi connectivity index (χ0v) is 14.5. The Morgan fingerprint density at radius 3 is 2.84 bits per heavy atom. The Morgan fingerprint density at radius 2 is 2.08 bits per heavy atom. The van der Waals surface area contributed by atoms with Crippen LogP contribution in [0, 0.1) is 0 Å². The fourth-order valence-electron chi connectivity index (χ4n) is 3.77. The molecule has 1 fully saturated rings. The molecule has 132 valence electrons. The van der Waals surface area contributed by atoms with Crippen LogP contribution in [0.5, 0.6) is 0 Å². The second kappa shape index (κ2) is 6.88. The summed E-state index contributed by atoms with van der Waals surface area (Å²) in [6.45, 7) is 2.79. The lowest BCUT2D eigenvalue weighted by atomic mass is 9.86. The summed E-state index contributed by atoms with van der Waals surface area (Å²) in [5.41, 5.74) is 3.66. The molecule has 4 rings (SSSR count). The number of carbonyl (C=O) groups excluding carboxylic acids is 1. The van der Waals surface area contributed by atoms with Gasteiger partial charge in [0.25, 0.3) is 0 Å². The summed E-state index contributed by atoms with van der Waals surface area (Å²) in [6, 6.07) is 8.64. The summed E-state index contributed by atoms with van der Waals surface area (Å²) in [7, 11) is 1.92. The number of nitrogens with one attached hydrogen (secondary N) is 1. The molecule has 1 atom stereocenters. The molecular formula is C19H24N4O2. The van der Waals surface area contributed by atoms with Gasteiger partial charge in [0.15, 0.2) is 0 Å². The van der Waals surface area contributed by atoms with Crippen LogP contribution in [0.2, 0.25) is 0 Å². The molecule has 25 heavy (non-hydrogen) atoms. The SMILES string of the molecule is Cn1cc(C2CN(C(=O)NC3CCOCC3)Cc3ccccc32)cn1. The van der Waals surface area contributed by atoms with E-state index < -0.39 is 0 Å². The molecule has 3 heterocycles. The number of carbonyl (C=O) groups is 1. The Labute approximate surface area is 147 Å². The standard InChI is InChI=1S/C19H24N4O2/c1-22-11-15(10-20-22)18-13-23(12-14-4-2-3-5-17(14)18)19(24)21-16-6-8-25-9-7-16/h2-5,10-11,16,18H,6-9,12-13H2,1H3,(H,21,24). The van der Waals surface area contributed by atoms with Crippen LogP contribution in [0.15, 0.2) is 36.7 Å². The molecule has 2 aliphatic heterocycles. The number of urea groups is 1. The van der Waals surface area contributed by atoms with Crippen molar-refractivity contribution in [2.75, 3.05) is 19.8 Å². The van der Waals surface area contributed by atoms with Gasteiger partial charge in [0.05, 0.1) is 6.20 Å². The number of hydrogen-bond acceptors (Lipinski definition) is 3. The van der Waals surface area contributed by atoms with E-state index >= 15 is 0 Å². The fourth-order valence-corrected chi connectivity index (χ4v) is 3.77. The maximum absolute atomic E-state index is 12.8. The van der Waals surface area contributed by atoms with E-state index in [1.165, 1.54) is 11.1 Å².